The molecule has 0 bridgehead atoms. The highest BCUT2D eigenvalue weighted by Crippen LogP contribution is 2.39. The Bertz CT molecular complexity index is 820. The van der Waals surface area contributed by atoms with E-state index in [1.165, 1.54) is 0 Å². The molecule has 0 radical (unpaired) electrons. The van der Waals surface area contributed by atoms with E-state index in [1.54, 1.807) is 12.4 Å². The summed E-state index contributed by atoms with van der Waals surface area (Å²) in [6, 6.07) is 0. The van der Waals surface area contributed by atoms with Crippen molar-refractivity contribution >= 4 is 5.91 Å². The number of rotatable bonds is 5. The van der Waals surface area contributed by atoms with Crippen molar-refractivity contribution in [2.24, 2.45) is 5.41 Å². The van der Waals surface area contributed by atoms with Crippen LogP contribution in [0.4, 0.5) is 0 Å². The summed E-state index contributed by atoms with van der Waals surface area (Å²) >= 11 is 0. The molecular formula is C20H28N6O2. The van der Waals surface area contributed by atoms with Crippen molar-refractivity contribution in [1.29, 1.82) is 0 Å². The molecule has 2 saturated heterocycles. The average molecular weight is 384 g/mol. The fourth-order valence-corrected chi connectivity index (χ4v) is 4.41. The van der Waals surface area contributed by atoms with E-state index in [4.69, 9.17) is 4.52 Å². The monoisotopic (exact) mass is 384 g/mol. The molecule has 2 aromatic rings. The number of piperidine rings is 2. The van der Waals surface area contributed by atoms with Gasteiger partial charge in [0.1, 0.15) is 0 Å². The lowest BCUT2D eigenvalue weighted by atomic mass is 9.73. The summed E-state index contributed by atoms with van der Waals surface area (Å²) in [5.74, 6) is 1.66. The first-order valence-corrected chi connectivity index (χ1v) is 10.1. The lowest BCUT2D eigenvalue weighted by Crippen LogP contribution is -2.53. The van der Waals surface area contributed by atoms with Gasteiger partial charge in [-0.25, -0.2) is 0 Å². The Morgan fingerprint density at radius 3 is 2.82 bits per heavy atom. The van der Waals surface area contributed by atoms with Crippen molar-refractivity contribution < 1.29 is 9.32 Å². The minimum Gasteiger partial charge on any atom is -0.338 e. The molecule has 150 valence electrons. The van der Waals surface area contributed by atoms with Crippen LogP contribution >= 0.6 is 0 Å². The number of aryl methyl sites for hydroxylation is 2. The van der Waals surface area contributed by atoms with Crippen molar-refractivity contribution in [2.75, 3.05) is 19.6 Å². The van der Waals surface area contributed by atoms with Gasteiger partial charge in [0.15, 0.2) is 5.82 Å². The van der Waals surface area contributed by atoms with Crippen LogP contribution < -0.4 is 0 Å². The zero-order valence-corrected chi connectivity index (χ0v) is 16.7. The van der Waals surface area contributed by atoms with Crippen LogP contribution in [0.5, 0.6) is 0 Å². The van der Waals surface area contributed by atoms with E-state index >= 15 is 0 Å². The van der Waals surface area contributed by atoms with Gasteiger partial charge < -0.3 is 9.42 Å². The smallest absolute Gasteiger partial charge is 0.240 e. The number of likely N-dealkylation sites (tertiary alicyclic amines) is 2. The summed E-state index contributed by atoms with van der Waals surface area (Å²) < 4.78 is 5.38. The molecule has 0 unspecified atom stereocenters. The van der Waals surface area contributed by atoms with Crippen LogP contribution in [-0.2, 0) is 24.3 Å². The maximum Gasteiger partial charge on any atom is 0.240 e. The van der Waals surface area contributed by atoms with E-state index in [1.807, 2.05) is 18.7 Å². The topological polar surface area (TPSA) is 88.3 Å². The number of carbonyl (C=O) groups excluding carboxylic acids is 1. The van der Waals surface area contributed by atoms with Gasteiger partial charge in [-0.2, -0.15) is 4.98 Å². The van der Waals surface area contributed by atoms with Crippen LogP contribution in [0, 0.1) is 12.3 Å². The van der Waals surface area contributed by atoms with Gasteiger partial charge >= 0.3 is 0 Å². The van der Waals surface area contributed by atoms with Crippen LogP contribution in [0.15, 0.2) is 16.9 Å². The van der Waals surface area contributed by atoms with Crippen LogP contribution in [-0.4, -0.2) is 55.4 Å². The fourth-order valence-electron chi connectivity index (χ4n) is 4.41. The van der Waals surface area contributed by atoms with E-state index in [-0.39, 0.29) is 11.3 Å². The van der Waals surface area contributed by atoms with E-state index in [0.29, 0.717) is 25.4 Å². The lowest BCUT2D eigenvalue weighted by Gasteiger charge is -2.48. The predicted molar refractivity (Wildman–Crippen MR) is 102 cm³/mol. The molecule has 8 nitrogen and oxygen atoms in total. The number of aromatic nitrogens is 4. The molecule has 2 aliphatic rings. The molecule has 1 atom stereocenters. The minimum absolute atomic E-state index is 0.137. The summed E-state index contributed by atoms with van der Waals surface area (Å²) in [5.41, 5.74) is 1.87. The molecule has 4 heterocycles. The van der Waals surface area contributed by atoms with Crippen LogP contribution in [0.1, 0.15) is 55.7 Å². The van der Waals surface area contributed by atoms with Gasteiger partial charge in [0.25, 0.3) is 0 Å². The van der Waals surface area contributed by atoms with E-state index in [9.17, 15) is 4.79 Å². The van der Waals surface area contributed by atoms with Crippen molar-refractivity contribution in [3.8, 4) is 0 Å². The Kier molecular flexibility index (Phi) is 5.39. The third-order valence-electron chi connectivity index (χ3n) is 5.86. The third kappa shape index (κ3) is 4.22. The van der Waals surface area contributed by atoms with Crippen molar-refractivity contribution in [3.63, 3.8) is 0 Å². The van der Waals surface area contributed by atoms with Crippen molar-refractivity contribution in [1.82, 2.24) is 29.9 Å². The maximum absolute atomic E-state index is 12.5. The lowest BCUT2D eigenvalue weighted by molar-refractivity contribution is -0.140. The predicted octanol–water partition coefficient (Wildman–Crippen LogP) is 2.14. The quantitative estimate of drug-likeness (QED) is 0.780. The molecule has 2 aliphatic heterocycles. The molecule has 28 heavy (non-hydrogen) atoms. The maximum atomic E-state index is 12.5. The summed E-state index contributed by atoms with van der Waals surface area (Å²) in [5, 5.41) is 4.00. The van der Waals surface area contributed by atoms with Crippen LogP contribution in [0.25, 0.3) is 0 Å². The summed E-state index contributed by atoms with van der Waals surface area (Å²) in [4.78, 5) is 30.1. The van der Waals surface area contributed by atoms with Crippen molar-refractivity contribution in [3.05, 3.63) is 35.5 Å². The second-order valence-electron chi connectivity index (χ2n) is 8.17. The third-order valence-corrected chi connectivity index (χ3v) is 5.86. The van der Waals surface area contributed by atoms with E-state index < -0.39 is 0 Å². The van der Waals surface area contributed by atoms with Gasteiger partial charge in [0, 0.05) is 37.5 Å². The molecule has 4 rings (SSSR count). The highest BCUT2D eigenvalue weighted by Gasteiger charge is 2.42. The number of nitrogens with zero attached hydrogens (tertiary/aromatic N) is 6. The first kappa shape index (κ1) is 19.0. The van der Waals surface area contributed by atoms with Gasteiger partial charge in [0.2, 0.25) is 11.8 Å². The van der Waals surface area contributed by atoms with Crippen LogP contribution in [0.2, 0.25) is 0 Å². The van der Waals surface area contributed by atoms with Gasteiger partial charge in [0.05, 0.1) is 30.7 Å². The zero-order valence-electron chi connectivity index (χ0n) is 16.7. The Morgan fingerprint density at radius 2 is 2.07 bits per heavy atom. The van der Waals surface area contributed by atoms with E-state index in [0.717, 1.165) is 62.5 Å². The Labute approximate surface area is 165 Å². The number of hydrogen-bond donors (Lipinski definition) is 0. The molecule has 2 aromatic heterocycles. The first-order chi connectivity index (χ1) is 13.5. The molecule has 2 fully saturated rings. The van der Waals surface area contributed by atoms with E-state index in [2.05, 4.69) is 25.0 Å². The summed E-state index contributed by atoms with van der Waals surface area (Å²) in [6.45, 7) is 7.94. The summed E-state index contributed by atoms with van der Waals surface area (Å²) in [6.07, 6.45) is 8.15. The van der Waals surface area contributed by atoms with Gasteiger partial charge in [-0.3, -0.25) is 19.7 Å². The SMILES string of the molecule is CCc1noc(CN2CCC[C@@]3(CCC(=O)N(Cc4cnc(C)cn4)C3)C2)n1. The second-order valence-corrected chi connectivity index (χ2v) is 8.17. The van der Waals surface area contributed by atoms with Gasteiger partial charge in [-0.05, 0) is 32.7 Å². The largest absolute Gasteiger partial charge is 0.338 e. The summed E-state index contributed by atoms with van der Waals surface area (Å²) in [7, 11) is 0. The zero-order chi connectivity index (χ0) is 19.6. The van der Waals surface area contributed by atoms with Crippen LogP contribution in [0.3, 0.4) is 0 Å². The number of carbonyl (C=O) groups is 1. The highest BCUT2D eigenvalue weighted by atomic mass is 16.5. The molecule has 1 amide bonds. The molecule has 0 aliphatic carbocycles. The number of hydrogen-bond acceptors (Lipinski definition) is 7. The molecule has 0 aromatic carbocycles. The molecule has 0 N–H and O–H groups in total. The first-order valence-electron chi connectivity index (χ1n) is 10.1. The average Bonchev–Trinajstić information content (AvgIpc) is 3.14. The molecular weight excluding hydrogens is 356 g/mol. The molecule has 1 spiro atoms. The molecule has 8 heteroatoms. The normalized spacial score (nSPS) is 23.5. The van der Waals surface area contributed by atoms with Gasteiger partial charge in [-0.15, -0.1) is 0 Å². The van der Waals surface area contributed by atoms with Gasteiger partial charge in [-0.1, -0.05) is 12.1 Å². The van der Waals surface area contributed by atoms with Crippen molar-refractivity contribution in [2.45, 2.75) is 59.0 Å². The Hall–Kier alpha value is -2.35. The molecule has 0 saturated carbocycles. The second kappa shape index (κ2) is 7.95. The standard InChI is InChI=1S/C20H28N6O2/c1-3-17-23-18(28-24-17)12-25-8-4-6-20(13-25)7-5-19(27)26(14-20)11-16-10-21-15(2)9-22-16/h9-10H,3-8,11-14H2,1-2H3/t20-/m1/s1. The number of amides is 1. The Balaban J connectivity index is 1.42. The Morgan fingerprint density at radius 1 is 1.18 bits per heavy atom. The highest BCUT2D eigenvalue weighted by molar-refractivity contribution is 5.77. The minimum atomic E-state index is 0.137. The fraction of sp³-hybridized carbons (Fsp3) is 0.650.